The van der Waals surface area contributed by atoms with E-state index in [9.17, 15) is 33.6 Å². The molecule has 4 amide bonds. The first-order valence-corrected chi connectivity index (χ1v) is 22.5. The van der Waals surface area contributed by atoms with Crippen LogP contribution in [0.4, 0.5) is 0 Å². The minimum absolute atomic E-state index is 0. The second-order valence-electron chi connectivity index (χ2n) is 16.1. The molecule has 0 bridgehead atoms. The number of unbranched alkanes of at least 4 members (excludes halogenated alkanes) is 14. The van der Waals surface area contributed by atoms with Crippen molar-refractivity contribution in [2.45, 2.75) is 198 Å². The van der Waals surface area contributed by atoms with Crippen LogP contribution in [-0.4, -0.2) is 102 Å². The molecule has 10 N–H and O–H groups in total. The molecule has 1 rings (SSSR count). The molecule has 1 unspecified atom stereocenters. The maximum Gasteiger partial charge on any atom is 0.300 e. The first-order chi connectivity index (χ1) is 28.8. The molecule has 0 aliphatic carbocycles. The Morgan fingerprint density at radius 2 is 1.25 bits per heavy atom. The van der Waals surface area contributed by atoms with Crippen LogP contribution < -0.4 is 27.8 Å². The number of hydrogen-bond acceptors (Lipinski definition) is 10. The molecule has 347 valence electrons. The van der Waals surface area contributed by atoms with Gasteiger partial charge in [0, 0.05) is 90.9 Å². The van der Waals surface area contributed by atoms with Gasteiger partial charge >= 0.3 is 6.17 Å². The molecule has 0 aromatic carbocycles. The predicted octanol–water partition coefficient (Wildman–Crippen LogP) is 4.87. The summed E-state index contributed by atoms with van der Waals surface area (Å²) in [5, 5.41) is 14.5. The maximum absolute atomic E-state index is 12.4. The van der Waals surface area contributed by atoms with E-state index in [0.717, 1.165) is 96.3 Å². The number of ketones is 2. The van der Waals surface area contributed by atoms with Crippen molar-refractivity contribution >= 4 is 41.5 Å². The molecule has 61 heavy (non-hydrogen) atoms. The SMILES string of the molecule is C[C@@H]([NH-])C(=O)C[C@@H](CO)C(N)=O.[C-]#[N+][C@@H]1CCCN1C(=O)C(N)CCC(=O)NCCCCCCCCCC(=O)CCCCCCCCCCC(=O)NCCCC[C@H](N)[C-]=O.[Y]. The smallest absolute Gasteiger partial charge is 0.300 e. The molecule has 1 saturated heterocycles. The molecule has 0 saturated carbocycles. The van der Waals surface area contributed by atoms with E-state index in [1.165, 1.54) is 26.2 Å². The Kier molecular flexibility index (Phi) is 39.7. The van der Waals surface area contributed by atoms with Crippen LogP contribution in [0, 0.1) is 12.5 Å². The Morgan fingerprint density at radius 3 is 1.72 bits per heavy atom. The van der Waals surface area contributed by atoms with Crippen LogP contribution in [0.3, 0.4) is 0 Å². The molecule has 1 heterocycles. The van der Waals surface area contributed by atoms with Crippen LogP contribution in [-0.2, 0) is 66.3 Å². The van der Waals surface area contributed by atoms with Crippen molar-refractivity contribution in [2.24, 2.45) is 23.1 Å². The number of nitrogens with two attached hydrogens (primary N) is 3. The van der Waals surface area contributed by atoms with E-state index >= 15 is 0 Å². The van der Waals surface area contributed by atoms with Gasteiger partial charge in [0.05, 0.1) is 18.6 Å². The van der Waals surface area contributed by atoms with Gasteiger partial charge < -0.3 is 48.3 Å². The number of likely N-dealkylation sites (tertiary alicyclic amines) is 1. The fourth-order valence-electron chi connectivity index (χ4n) is 6.74. The molecule has 1 aliphatic rings. The molecular formula is C44H78N8O8Y-2. The van der Waals surface area contributed by atoms with Crippen molar-refractivity contribution in [3.8, 4) is 0 Å². The average Bonchev–Trinajstić information content (AvgIpc) is 3.71. The molecule has 0 spiro atoms. The Labute approximate surface area is 391 Å². The van der Waals surface area contributed by atoms with Gasteiger partial charge in [-0.3, -0.25) is 33.7 Å². The zero-order chi connectivity index (χ0) is 45.0. The summed E-state index contributed by atoms with van der Waals surface area (Å²) >= 11 is 0. The molecule has 0 aromatic heterocycles. The standard InChI is InChI=1S/C37H65N6O5.C7H13N2O3.Y/c1-40-34-23-19-29-43(34)37(48)33(39)25-26-36(47)42-27-17-12-8-4-6-10-14-22-32(45)21-13-9-5-2-3-7-11-15-24-35(46)41-28-18-16-20-31(38)30-44;1-4(8)6(11)2-5(3-10)7(9)12;/h31,33-34H,2-29,38-39H2,(H,41,46)(H,42,47);4-5,8,10H,2-3H2,1H3,(H2,9,12);/q2*-1;/t31-,33?,34-;4-,5+;/m01./s1. The molecule has 1 fully saturated rings. The van der Waals surface area contributed by atoms with Crippen LogP contribution in [0.25, 0.3) is 10.6 Å². The Bertz CT molecular complexity index is 1280. The summed E-state index contributed by atoms with van der Waals surface area (Å²) in [6.45, 7) is 10.0. The first-order valence-electron chi connectivity index (χ1n) is 22.5. The molecule has 0 aromatic rings. The average molecular weight is 936 g/mol. The summed E-state index contributed by atoms with van der Waals surface area (Å²) in [7, 11) is 0. The number of rotatable bonds is 36. The van der Waals surface area contributed by atoms with Crippen LogP contribution in [0.15, 0.2) is 0 Å². The zero-order valence-corrected chi connectivity index (χ0v) is 39.9. The molecule has 5 atom stereocenters. The number of carbonyl (C=O) groups is 6. The van der Waals surface area contributed by atoms with Crippen LogP contribution >= 0.6 is 0 Å². The largest absolute Gasteiger partial charge is 0.669 e. The molecular weight excluding hydrogens is 857 g/mol. The second-order valence-corrected chi connectivity index (χ2v) is 16.1. The number of aliphatic hydroxyl groups excluding tert-OH is 1. The van der Waals surface area contributed by atoms with Gasteiger partial charge in [0.25, 0.3) is 0 Å². The second kappa shape index (κ2) is 40.1. The Balaban J connectivity index is 0. The number of aliphatic hydroxyl groups is 1. The van der Waals surface area contributed by atoms with Gasteiger partial charge in [0.15, 0.2) is 0 Å². The van der Waals surface area contributed by atoms with Crippen molar-refractivity contribution < 1.29 is 71.4 Å². The van der Waals surface area contributed by atoms with Gasteiger partial charge in [-0.15, -0.1) is 0 Å². The summed E-state index contributed by atoms with van der Waals surface area (Å²) < 4.78 is 0. The fourth-order valence-corrected chi connectivity index (χ4v) is 6.74. The van der Waals surface area contributed by atoms with Gasteiger partial charge in [-0.2, -0.15) is 0 Å². The van der Waals surface area contributed by atoms with Gasteiger partial charge in [0.1, 0.15) is 11.6 Å². The summed E-state index contributed by atoms with van der Waals surface area (Å²) in [6, 6.07) is -2.11. The number of nitrogens with one attached hydrogen (secondary N) is 3. The van der Waals surface area contributed by atoms with E-state index in [2.05, 4.69) is 15.5 Å². The third-order valence-corrected chi connectivity index (χ3v) is 10.7. The third-order valence-electron chi connectivity index (χ3n) is 10.7. The first kappa shape index (κ1) is 60.4. The number of primary amides is 1. The summed E-state index contributed by atoms with van der Waals surface area (Å²) in [4.78, 5) is 85.4. The molecule has 17 heteroatoms. The van der Waals surface area contributed by atoms with Crippen LogP contribution in [0.2, 0.25) is 0 Å². The third kappa shape index (κ3) is 33.5. The zero-order valence-electron chi connectivity index (χ0n) is 37.1. The number of amides is 4. The van der Waals surface area contributed by atoms with Gasteiger partial charge in [-0.05, 0) is 44.9 Å². The number of hydrogen-bond donors (Lipinski definition) is 6. The normalized spacial score (nSPS) is 15.1. The fraction of sp³-hybridized carbons (Fsp3) is 0.818. The minimum Gasteiger partial charge on any atom is -0.669 e. The molecule has 1 radical (unpaired) electrons. The Morgan fingerprint density at radius 1 is 0.770 bits per heavy atom. The molecule has 1 aliphatic heterocycles. The summed E-state index contributed by atoms with van der Waals surface area (Å²) in [5.74, 6) is -1.74. The van der Waals surface area contributed by atoms with Crippen molar-refractivity contribution in [3.05, 3.63) is 17.2 Å². The van der Waals surface area contributed by atoms with Crippen molar-refractivity contribution in [1.29, 1.82) is 0 Å². The molecule has 16 nitrogen and oxygen atoms in total. The maximum atomic E-state index is 12.4. The van der Waals surface area contributed by atoms with Gasteiger partial charge in [-0.1, -0.05) is 102 Å². The number of carbonyl (C=O) groups excluding carboxylic acids is 7. The van der Waals surface area contributed by atoms with E-state index in [1.54, 1.807) is 11.2 Å². The van der Waals surface area contributed by atoms with Crippen molar-refractivity contribution in [1.82, 2.24) is 15.5 Å². The Hall–Kier alpha value is -2.68. The van der Waals surface area contributed by atoms with E-state index in [0.29, 0.717) is 63.9 Å². The number of nitrogens with zero attached hydrogens (tertiary/aromatic N) is 2. The van der Waals surface area contributed by atoms with Gasteiger partial charge in [0.2, 0.25) is 23.6 Å². The predicted molar refractivity (Wildman–Crippen MR) is 233 cm³/mol. The minimum atomic E-state index is -0.863. The number of Topliss-reactive ketones (excluding diaryl/α,β-unsaturated/α-hetero) is 2. The van der Waals surface area contributed by atoms with Crippen LogP contribution in [0.1, 0.15) is 174 Å². The van der Waals surface area contributed by atoms with Crippen molar-refractivity contribution in [2.75, 3.05) is 26.2 Å². The van der Waals surface area contributed by atoms with E-state index < -0.39 is 42.7 Å². The monoisotopic (exact) mass is 936 g/mol. The van der Waals surface area contributed by atoms with E-state index in [-0.39, 0.29) is 69.1 Å². The summed E-state index contributed by atoms with van der Waals surface area (Å²) in [5.41, 5.74) is 23.4. The van der Waals surface area contributed by atoms with Gasteiger partial charge in [-0.25, -0.2) is 12.9 Å². The topological polar surface area (TPSA) is 273 Å². The van der Waals surface area contributed by atoms with Crippen LogP contribution in [0.5, 0.6) is 0 Å². The van der Waals surface area contributed by atoms with E-state index in [1.807, 2.05) is 0 Å². The summed E-state index contributed by atoms with van der Waals surface area (Å²) in [6.07, 6.45) is 23.7. The van der Waals surface area contributed by atoms with Crippen molar-refractivity contribution in [3.63, 3.8) is 0 Å². The van der Waals surface area contributed by atoms with E-state index in [4.69, 9.17) is 34.6 Å². The quantitative estimate of drug-likeness (QED) is 0.0366.